The molecule has 7 nitrogen and oxygen atoms in total. The summed E-state index contributed by atoms with van der Waals surface area (Å²) in [5, 5.41) is 18.7. The first-order valence-corrected chi connectivity index (χ1v) is 8.95. The Morgan fingerprint density at radius 2 is 2.25 bits per heavy atom. The number of aromatic nitrogens is 1. The molecule has 24 heavy (non-hydrogen) atoms. The number of nitrogens with one attached hydrogen (secondary N) is 1. The van der Waals surface area contributed by atoms with Gasteiger partial charge in [-0.15, -0.1) is 0 Å². The van der Waals surface area contributed by atoms with Gasteiger partial charge in [-0.3, -0.25) is 15.0 Å². The van der Waals surface area contributed by atoms with Gasteiger partial charge in [-0.2, -0.15) is 11.3 Å². The van der Waals surface area contributed by atoms with Crippen LogP contribution in [0.5, 0.6) is 0 Å². The van der Waals surface area contributed by atoms with Crippen molar-refractivity contribution < 1.29 is 4.92 Å². The first kappa shape index (κ1) is 16.9. The second kappa shape index (κ2) is 7.33. The summed E-state index contributed by atoms with van der Waals surface area (Å²) in [5.74, 6) is 0.193. The molecule has 0 atom stereocenters. The molecule has 3 rings (SSSR count). The van der Waals surface area contributed by atoms with E-state index in [0.29, 0.717) is 0 Å². The summed E-state index contributed by atoms with van der Waals surface area (Å²) in [6.07, 6.45) is 3.13. The van der Waals surface area contributed by atoms with Crippen LogP contribution in [-0.2, 0) is 6.54 Å². The molecule has 0 aliphatic carbocycles. The fourth-order valence-corrected chi connectivity index (χ4v) is 3.65. The number of rotatable bonds is 5. The molecule has 0 amide bonds. The van der Waals surface area contributed by atoms with Crippen molar-refractivity contribution in [1.29, 1.82) is 0 Å². The lowest BCUT2D eigenvalue weighted by Gasteiger charge is -2.32. The van der Waals surface area contributed by atoms with Gasteiger partial charge in [-0.05, 0) is 35.2 Å². The average molecular weight is 368 g/mol. The molecule has 0 bridgehead atoms. The largest absolute Gasteiger partial charge is 0.392 e. The molecular formula is C15H18ClN5O2S. The maximum absolute atomic E-state index is 11.2. The van der Waals surface area contributed by atoms with Gasteiger partial charge >= 0.3 is 5.69 Å². The molecule has 1 aliphatic heterocycles. The Kier molecular flexibility index (Phi) is 5.17. The van der Waals surface area contributed by atoms with Crippen LogP contribution in [0.1, 0.15) is 18.4 Å². The lowest BCUT2D eigenvalue weighted by Crippen LogP contribution is -2.38. The average Bonchev–Trinajstić information content (AvgIpc) is 3.05. The second-order valence-electron chi connectivity index (χ2n) is 5.80. The van der Waals surface area contributed by atoms with Crippen molar-refractivity contribution in [3.05, 3.63) is 43.7 Å². The van der Waals surface area contributed by atoms with Gasteiger partial charge in [-0.1, -0.05) is 11.6 Å². The molecular weight excluding hydrogens is 350 g/mol. The van der Waals surface area contributed by atoms with Crippen LogP contribution in [0.3, 0.4) is 0 Å². The normalized spacial score (nSPS) is 16.2. The van der Waals surface area contributed by atoms with Crippen LogP contribution in [0.25, 0.3) is 0 Å². The molecule has 0 saturated carbocycles. The van der Waals surface area contributed by atoms with E-state index >= 15 is 0 Å². The minimum absolute atomic E-state index is 0.0472. The zero-order chi connectivity index (χ0) is 17.1. The van der Waals surface area contributed by atoms with Crippen molar-refractivity contribution in [1.82, 2.24) is 9.88 Å². The van der Waals surface area contributed by atoms with E-state index in [1.165, 1.54) is 11.8 Å². The van der Waals surface area contributed by atoms with Crippen LogP contribution in [0.4, 0.5) is 17.2 Å². The van der Waals surface area contributed by atoms with E-state index in [2.05, 4.69) is 32.0 Å². The molecule has 0 unspecified atom stereocenters. The van der Waals surface area contributed by atoms with Crippen molar-refractivity contribution in [3.63, 3.8) is 0 Å². The minimum atomic E-state index is -0.539. The summed E-state index contributed by atoms with van der Waals surface area (Å²) < 4.78 is 0. The first-order valence-electron chi connectivity index (χ1n) is 7.63. The smallest absolute Gasteiger partial charge is 0.335 e. The fraction of sp³-hybridized carbons (Fsp3) is 0.400. The highest BCUT2D eigenvalue weighted by atomic mass is 35.5. The van der Waals surface area contributed by atoms with E-state index in [1.54, 1.807) is 11.3 Å². The third-order valence-corrected chi connectivity index (χ3v) is 5.17. The Bertz CT molecular complexity index is 717. The van der Waals surface area contributed by atoms with Gasteiger partial charge in [0.15, 0.2) is 0 Å². The summed E-state index contributed by atoms with van der Waals surface area (Å²) in [6.45, 7) is 2.82. The van der Waals surface area contributed by atoms with Crippen LogP contribution >= 0.6 is 22.9 Å². The molecule has 128 valence electrons. The topological polar surface area (TPSA) is 97.3 Å². The summed E-state index contributed by atoms with van der Waals surface area (Å²) in [7, 11) is 0. The zero-order valence-electron chi connectivity index (χ0n) is 12.9. The van der Waals surface area contributed by atoms with E-state index in [0.717, 1.165) is 32.5 Å². The molecule has 1 saturated heterocycles. The van der Waals surface area contributed by atoms with Crippen molar-refractivity contribution in [3.8, 4) is 0 Å². The fourth-order valence-electron chi connectivity index (χ4n) is 2.85. The third-order valence-electron chi connectivity index (χ3n) is 4.14. The van der Waals surface area contributed by atoms with Crippen LogP contribution in [0.2, 0.25) is 5.02 Å². The van der Waals surface area contributed by atoms with E-state index in [4.69, 9.17) is 17.3 Å². The van der Waals surface area contributed by atoms with Crippen molar-refractivity contribution in [2.24, 2.45) is 0 Å². The van der Waals surface area contributed by atoms with Gasteiger partial charge in [0.05, 0.1) is 16.1 Å². The zero-order valence-corrected chi connectivity index (χ0v) is 14.5. The number of nitro groups is 1. The van der Waals surface area contributed by atoms with E-state index in [-0.39, 0.29) is 28.3 Å². The molecule has 1 aliphatic rings. The number of halogens is 1. The molecule has 0 aromatic carbocycles. The molecule has 3 heterocycles. The summed E-state index contributed by atoms with van der Waals surface area (Å²) in [6, 6.07) is 2.27. The Hall–Kier alpha value is -1.90. The Labute approximate surface area is 148 Å². The van der Waals surface area contributed by atoms with Crippen LogP contribution in [0, 0.1) is 10.1 Å². The van der Waals surface area contributed by atoms with Crippen LogP contribution in [0.15, 0.2) is 23.0 Å². The number of likely N-dealkylation sites (tertiary alicyclic amines) is 1. The van der Waals surface area contributed by atoms with E-state index in [1.807, 2.05) is 0 Å². The van der Waals surface area contributed by atoms with E-state index in [9.17, 15) is 10.1 Å². The number of anilines is 2. The number of piperidine rings is 1. The lowest BCUT2D eigenvalue weighted by atomic mass is 10.0. The predicted octanol–water partition coefficient (Wildman–Crippen LogP) is 3.36. The lowest BCUT2D eigenvalue weighted by molar-refractivity contribution is -0.383. The summed E-state index contributed by atoms with van der Waals surface area (Å²) in [4.78, 5) is 17.2. The van der Waals surface area contributed by atoms with Gasteiger partial charge in [0.1, 0.15) is 5.69 Å². The first-order chi connectivity index (χ1) is 11.5. The number of hydrogen-bond acceptors (Lipinski definition) is 7. The predicted molar refractivity (Wildman–Crippen MR) is 96.6 cm³/mol. The number of thiophene rings is 1. The number of nitrogens with zero attached hydrogens (tertiary/aromatic N) is 3. The van der Waals surface area contributed by atoms with Gasteiger partial charge in [0.25, 0.3) is 0 Å². The van der Waals surface area contributed by atoms with E-state index < -0.39 is 4.92 Å². The van der Waals surface area contributed by atoms with Crippen LogP contribution in [-0.4, -0.2) is 33.9 Å². The number of pyridine rings is 1. The third kappa shape index (κ3) is 3.77. The molecule has 2 aromatic heterocycles. The Morgan fingerprint density at radius 1 is 1.50 bits per heavy atom. The molecule has 2 aromatic rings. The molecule has 0 spiro atoms. The molecule has 9 heteroatoms. The number of hydrogen-bond donors (Lipinski definition) is 2. The second-order valence-corrected chi connectivity index (χ2v) is 6.99. The highest BCUT2D eigenvalue weighted by Crippen LogP contribution is 2.35. The van der Waals surface area contributed by atoms with Crippen molar-refractivity contribution >= 4 is 40.1 Å². The summed E-state index contributed by atoms with van der Waals surface area (Å²) in [5.41, 5.74) is 6.76. The van der Waals surface area contributed by atoms with Crippen molar-refractivity contribution in [2.75, 3.05) is 24.1 Å². The van der Waals surface area contributed by atoms with Gasteiger partial charge in [0.2, 0.25) is 5.82 Å². The maximum Gasteiger partial charge on any atom is 0.335 e. The Morgan fingerprint density at radius 3 is 2.88 bits per heavy atom. The maximum atomic E-state index is 11.2. The summed E-state index contributed by atoms with van der Waals surface area (Å²) >= 11 is 7.54. The Balaban J connectivity index is 1.62. The van der Waals surface area contributed by atoms with Gasteiger partial charge < -0.3 is 11.1 Å². The molecule has 0 radical (unpaired) electrons. The van der Waals surface area contributed by atoms with Crippen molar-refractivity contribution in [2.45, 2.75) is 25.4 Å². The monoisotopic (exact) mass is 367 g/mol. The standard InChI is InChI=1S/C15H18ClN5O2S/c16-12-7-18-15(14(13(12)17)21(22)23)19-11-1-4-20(5-2-11)8-10-3-6-24-9-10/h3,6-7,9,11H,1-2,4-5,8H2,(H3,17,18,19). The van der Waals surface area contributed by atoms with Gasteiger partial charge in [-0.25, -0.2) is 4.98 Å². The quantitative estimate of drug-likeness (QED) is 0.621. The molecule has 1 fully saturated rings. The number of nitrogens with two attached hydrogens (primary N) is 1. The highest BCUT2D eigenvalue weighted by molar-refractivity contribution is 7.07. The van der Waals surface area contributed by atoms with Crippen LogP contribution < -0.4 is 11.1 Å². The number of nitrogen functional groups attached to an aromatic ring is 1. The van der Waals surface area contributed by atoms with Gasteiger partial charge in [0, 0.05) is 25.7 Å². The highest BCUT2D eigenvalue weighted by Gasteiger charge is 2.26. The molecule has 3 N–H and O–H groups in total. The minimum Gasteiger partial charge on any atom is -0.392 e. The SMILES string of the molecule is Nc1c(Cl)cnc(NC2CCN(Cc3ccsc3)CC2)c1[N+](=O)[O-].